The van der Waals surface area contributed by atoms with Gasteiger partial charge >= 0.3 is 0 Å². The van der Waals surface area contributed by atoms with Gasteiger partial charge in [-0.2, -0.15) is 0 Å². The summed E-state index contributed by atoms with van der Waals surface area (Å²) in [5.41, 5.74) is 7.13. The second-order valence-corrected chi connectivity index (χ2v) is 17.0. The molecule has 0 amide bonds. The van der Waals surface area contributed by atoms with Crippen LogP contribution in [0.3, 0.4) is 0 Å². The Hall–Kier alpha value is -3.37. The summed E-state index contributed by atoms with van der Waals surface area (Å²) in [4.78, 5) is 9.03. The molecular weight excluding hydrogens is 709 g/mol. The summed E-state index contributed by atoms with van der Waals surface area (Å²) < 4.78 is 6.15. The van der Waals surface area contributed by atoms with E-state index < -0.39 is 8.07 Å². The zero-order valence-electron chi connectivity index (χ0n) is 24.5. The van der Waals surface area contributed by atoms with E-state index >= 15 is 0 Å². The molecular formula is C37H36IrN2OSi-2. The van der Waals surface area contributed by atoms with Gasteiger partial charge in [0.1, 0.15) is 5.58 Å². The van der Waals surface area contributed by atoms with E-state index in [2.05, 4.69) is 90.4 Å². The van der Waals surface area contributed by atoms with E-state index in [1.165, 1.54) is 48.2 Å². The zero-order chi connectivity index (χ0) is 28.2. The molecule has 1 fully saturated rings. The van der Waals surface area contributed by atoms with E-state index in [1.54, 1.807) is 6.20 Å². The van der Waals surface area contributed by atoms with Crippen molar-refractivity contribution in [3.05, 3.63) is 115 Å². The Balaban J connectivity index is 0.000000169. The van der Waals surface area contributed by atoms with Crippen LogP contribution in [0.4, 0.5) is 0 Å². The molecule has 1 saturated carbocycles. The van der Waals surface area contributed by atoms with Gasteiger partial charge in [-0.15, -0.1) is 54.1 Å². The molecule has 3 aromatic carbocycles. The molecule has 215 valence electrons. The Labute approximate surface area is 263 Å². The van der Waals surface area contributed by atoms with Gasteiger partial charge in [0.15, 0.2) is 0 Å². The van der Waals surface area contributed by atoms with E-state index in [-0.39, 0.29) is 20.1 Å². The van der Waals surface area contributed by atoms with Gasteiger partial charge in [0.2, 0.25) is 0 Å². The number of nitrogens with zero attached hydrogens (tertiary/aromatic N) is 2. The smallest absolute Gasteiger partial charge is 0.120 e. The molecule has 0 spiro atoms. The van der Waals surface area contributed by atoms with Gasteiger partial charge in [-0.3, -0.25) is 0 Å². The van der Waals surface area contributed by atoms with Crippen molar-refractivity contribution in [3.8, 4) is 22.5 Å². The molecule has 0 atom stereocenters. The predicted molar refractivity (Wildman–Crippen MR) is 173 cm³/mol. The fourth-order valence-electron chi connectivity index (χ4n) is 5.70. The Morgan fingerprint density at radius 1 is 0.762 bits per heavy atom. The fourth-order valence-corrected chi connectivity index (χ4v) is 6.86. The van der Waals surface area contributed by atoms with Crippen LogP contribution in [0, 0.1) is 12.1 Å². The standard InChI is InChI=1S/C20H18NOSi.C17H18N.Ir/c1-23(2,3)14-10-11-19-17(13-14)15-7-6-8-16(20(15)22-19)18-9-4-5-12-21-18;1-3-7-14(8-4-1)16-11-12-17(18-13-16)15-9-5-2-6-10-15;/h4-7,9-13H,1-3H3;2,5-6,9,11-14H,1,3-4,7-8H2;/q2*-1;. The molecule has 1 radical (unpaired) electrons. The van der Waals surface area contributed by atoms with Gasteiger partial charge in [-0.1, -0.05) is 91.4 Å². The fraction of sp³-hybridized carbons (Fsp3) is 0.243. The number of pyridine rings is 2. The number of aromatic nitrogens is 2. The van der Waals surface area contributed by atoms with Crippen molar-refractivity contribution >= 4 is 35.2 Å². The third-order valence-corrected chi connectivity index (χ3v) is 10.1. The Bertz CT molecular complexity index is 1740. The van der Waals surface area contributed by atoms with Crippen LogP contribution in [0.25, 0.3) is 44.5 Å². The van der Waals surface area contributed by atoms with Crippen LogP contribution in [0.1, 0.15) is 43.6 Å². The van der Waals surface area contributed by atoms with Gasteiger partial charge in [0.25, 0.3) is 0 Å². The van der Waals surface area contributed by atoms with Crippen molar-refractivity contribution in [1.82, 2.24) is 9.97 Å². The number of rotatable bonds is 4. The number of benzene rings is 3. The molecule has 1 aliphatic rings. The molecule has 42 heavy (non-hydrogen) atoms. The van der Waals surface area contributed by atoms with Crippen LogP contribution in [0.2, 0.25) is 19.6 Å². The average molecular weight is 745 g/mol. The van der Waals surface area contributed by atoms with E-state index in [0.29, 0.717) is 0 Å². The van der Waals surface area contributed by atoms with Crippen molar-refractivity contribution in [2.45, 2.75) is 57.7 Å². The van der Waals surface area contributed by atoms with Gasteiger partial charge in [0, 0.05) is 37.9 Å². The first kappa shape index (κ1) is 30.1. The molecule has 0 N–H and O–H groups in total. The van der Waals surface area contributed by atoms with Crippen LogP contribution < -0.4 is 5.19 Å². The maximum absolute atomic E-state index is 6.15. The first-order chi connectivity index (χ1) is 20.0. The molecule has 1 aliphatic carbocycles. The van der Waals surface area contributed by atoms with Crippen molar-refractivity contribution in [1.29, 1.82) is 0 Å². The SMILES string of the molecule is C[Si](C)(C)c1ccc2oc3c(-c4ccccn4)[c-]ccc3c2c1.[Ir].[c-]1ccccc1-c1ccc(C2CCCCC2)cn1. The third kappa shape index (κ3) is 6.65. The molecule has 7 rings (SSSR count). The van der Waals surface area contributed by atoms with E-state index in [9.17, 15) is 0 Å². The minimum absolute atomic E-state index is 0. The zero-order valence-corrected chi connectivity index (χ0v) is 27.9. The Morgan fingerprint density at radius 2 is 1.60 bits per heavy atom. The second kappa shape index (κ2) is 13.3. The molecule has 6 aromatic rings. The van der Waals surface area contributed by atoms with Crippen molar-refractivity contribution < 1.29 is 24.5 Å². The minimum Gasteiger partial charge on any atom is -0.501 e. The number of furan rings is 1. The quantitative estimate of drug-likeness (QED) is 0.133. The number of hydrogen-bond donors (Lipinski definition) is 0. The van der Waals surface area contributed by atoms with Crippen LogP contribution in [0.5, 0.6) is 0 Å². The van der Waals surface area contributed by atoms with E-state index in [4.69, 9.17) is 4.42 Å². The average Bonchev–Trinajstić information content (AvgIpc) is 3.41. The maximum Gasteiger partial charge on any atom is 0.120 e. The summed E-state index contributed by atoms with van der Waals surface area (Å²) >= 11 is 0. The van der Waals surface area contributed by atoms with Crippen LogP contribution in [-0.4, -0.2) is 18.0 Å². The van der Waals surface area contributed by atoms with Gasteiger partial charge < -0.3 is 14.4 Å². The Kier molecular flexibility index (Phi) is 9.52. The first-order valence-corrected chi connectivity index (χ1v) is 18.2. The second-order valence-electron chi connectivity index (χ2n) is 12.0. The van der Waals surface area contributed by atoms with Crippen LogP contribution >= 0.6 is 0 Å². The van der Waals surface area contributed by atoms with E-state index in [1.807, 2.05) is 42.5 Å². The summed E-state index contributed by atoms with van der Waals surface area (Å²) in [5.74, 6) is 0.736. The molecule has 3 aromatic heterocycles. The summed E-state index contributed by atoms with van der Waals surface area (Å²) in [6.45, 7) is 7.09. The molecule has 0 unspecified atom stereocenters. The first-order valence-electron chi connectivity index (χ1n) is 14.7. The van der Waals surface area contributed by atoms with Crippen molar-refractivity contribution in [2.24, 2.45) is 0 Å². The summed E-state index contributed by atoms with van der Waals surface area (Å²) in [6, 6.07) is 35.5. The van der Waals surface area contributed by atoms with E-state index in [0.717, 1.165) is 45.0 Å². The molecule has 5 heteroatoms. The predicted octanol–water partition coefficient (Wildman–Crippen LogP) is 9.59. The summed E-state index contributed by atoms with van der Waals surface area (Å²) in [6.07, 6.45) is 10.7. The third-order valence-electron chi connectivity index (χ3n) is 8.07. The van der Waals surface area contributed by atoms with Crippen LogP contribution in [0.15, 0.2) is 102 Å². The minimum atomic E-state index is -1.35. The molecule has 3 nitrogen and oxygen atoms in total. The van der Waals surface area contributed by atoms with Crippen LogP contribution in [-0.2, 0) is 20.1 Å². The van der Waals surface area contributed by atoms with Gasteiger partial charge in [0.05, 0.1) is 13.7 Å². The maximum atomic E-state index is 6.15. The number of hydrogen-bond acceptors (Lipinski definition) is 3. The summed E-state index contributed by atoms with van der Waals surface area (Å²) in [7, 11) is -1.35. The summed E-state index contributed by atoms with van der Waals surface area (Å²) in [5, 5.41) is 3.77. The molecule has 3 heterocycles. The van der Waals surface area contributed by atoms with Gasteiger partial charge in [-0.05, 0) is 47.8 Å². The Morgan fingerprint density at radius 3 is 2.29 bits per heavy atom. The number of fused-ring (bicyclic) bond motifs is 3. The monoisotopic (exact) mass is 745 g/mol. The largest absolute Gasteiger partial charge is 0.501 e. The molecule has 0 saturated heterocycles. The topological polar surface area (TPSA) is 38.9 Å². The normalized spacial score (nSPS) is 13.8. The van der Waals surface area contributed by atoms with Gasteiger partial charge in [-0.25, -0.2) is 0 Å². The van der Waals surface area contributed by atoms with Crippen molar-refractivity contribution in [3.63, 3.8) is 0 Å². The van der Waals surface area contributed by atoms with Crippen molar-refractivity contribution in [2.75, 3.05) is 0 Å². The molecule has 0 aliphatic heterocycles. The molecule has 0 bridgehead atoms.